The molecule has 0 aromatic carbocycles. The minimum atomic E-state index is 0.240. The predicted octanol–water partition coefficient (Wildman–Crippen LogP) is 4.11. The number of aromatic nitrogens is 3. The van der Waals surface area contributed by atoms with E-state index in [1.807, 2.05) is 6.33 Å². The van der Waals surface area contributed by atoms with E-state index in [9.17, 15) is 0 Å². The Bertz CT molecular complexity index is 457. The van der Waals surface area contributed by atoms with Crippen molar-refractivity contribution in [2.24, 2.45) is 10.8 Å². The van der Waals surface area contributed by atoms with E-state index in [1.165, 1.54) is 19.3 Å². The molecule has 1 saturated carbocycles. The van der Waals surface area contributed by atoms with Gasteiger partial charge < -0.3 is 9.88 Å². The zero-order chi connectivity index (χ0) is 15.8. The van der Waals surface area contributed by atoms with Crippen molar-refractivity contribution in [3.63, 3.8) is 0 Å². The van der Waals surface area contributed by atoms with Crippen molar-refractivity contribution < 1.29 is 0 Å². The molecule has 4 heteroatoms. The van der Waals surface area contributed by atoms with Gasteiger partial charge in [-0.05, 0) is 50.9 Å². The SMILES string of the molecule is CC(C)n1cnnc1[C@@H](C)NC1CC(C)(C)CC(C)(C)C1. The topological polar surface area (TPSA) is 42.7 Å². The standard InChI is InChI=1S/C17H32N4/c1-12(2)21-11-18-20-15(21)13(3)19-14-8-16(4,5)10-17(6,7)9-14/h11-14,19H,8-10H2,1-7H3/t13-/m1/s1. The highest BCUT2D eigenvalue weighted by atomic mass is 15.3. The molecule has 1 atom stereocenters. The van der Waals surface area contributed by atoms with E-state index in [1.54, 1.807) is 0 Å². The van der Waals surface area contributed by atoms with Gasteiger partial charge in [-0.2, -0.15) is 0 Å². The first-order valence-corrected chi connectivity index (χ1v) is 8.25. The molecule has 2 rings (SSSR count). The van der Waals surface area contributed by atoms with Gasteiger partial charge in [0.25, 0.3) is 0 Å². The third kappa shape index (κ3) is 4.06. The van der Waals surface area contributed by atoms with Crippen molar-refractivity contribution in [1.82, 2.24) is 20.1 Å². The molecule has 1 aromatic rings. The van der Waals surface area contributed by atoms with Gasteiger partial charge >= 0.3 is 0 Å². The van der Waals surface area contributed by atoms with Crippen LogP contribution in [0.2, 0.25) is 0 Å². The Morgan fingerprint density at radius 2 is 1.71 bits per heavy atom. The molecule has 21 heavy (non-hydrogen) atoms. The molecule has 0 aliphatic heterocycles. The summed E-state index contributed by atoms with van der Waals surface area (Å²) in [5.74, 6) is 1.05. The lowest BCUT2D eigenvalue weighted by Gasteiger charge is -2.46. The van der Waals surface area contributed by atoms with Gasteiger partial charge in [-0.3, -0.25) is 0 Å². The maximum absolute atomic E-state index is 4.33. The Kier molecular flexibility index (Phi) is 4.48. The lowest BCUT2D eigenvalue weighted by molar-refractivity contribution is 0.0804. The van der Waals surface area contributed by atoms with Crippen molar-refractivity contribution in [2.75, 3.05) is 0 Å². The molecule has 1 aromatic heterocycles. The summed E-state index contributed by atoms with van der Waals surface area (Å²) >= 11 is 0. The summed E-state index contributed by atoms with van der Waals surface area (Å²) in [6.45, 7) is 16.1. The minimum absolute atomic E-state index is 0.240. The Balaban J connectivity index is 2.08. The first-order chi connectivity index (χ1) is 9.60. The van der Waals surface area contributed by atoms with Gasteiger partial charge in [0.2, 0.25) is 0 Å². The zero-order valence-electron chi connectivity index (χ0n) is 14.8. The summed E-state index contributed by atoms with van der Waals surface area (Å²) in [5.41, 5.74) is 0.815. The Morgan fingerprint density at radius 3 is 2.24 bits per heavy atom. The fourth-order valence-electron chi connectivity index (χ4n) is 4.35. The van der Waals surface area contributed by atoms with E-state index in [4.69, 9.17) is 0 Å². The maximum atomic E-state index is 4.33. The van der Waals surface area contributed by atoms with Crippen LogP contribution < -0.4 is 5.32 Å². The summed E-state index contributed by atoms with van der Waals surface area (Å²) in [4.78, 5) is 0. The Morgan fingerprint density at radius 1 is 1.14 bits per heavy atom. The Labute approximate surface area is 129 Å². The van der Waals surface area contributed by atoms with E-state index in [0.29, 0.717) is 22.9 Å². The molecule has 0 amide bonds. The van der Waals surface area contributed by atoms with E-state index in [-0.39, 0.29) is 6.04 Å². The predicted molar refractivity (Wildman–Crippen MR) is 87.2 cm³/mol. The van der Waals surface area contributed by atoms with Gasteiger partial charge in [-0.1, -0.05) is 27.7 Å². The van der Waals surface area contributed by atoms with Crippen LogP contribution in [0.5, 0.6) is 0 Å². The normalized spacial score (nSPS) is 23.4. The maximum Gasteiger partial charge on any atom is 0.149 e. The Hall–Kier alpha value is -0.900. The molecule has 4 nitrogen and oxygen atoms in total. The van der Waals surface area contributed by atoms with Crippen molar-refractivity contribution in [2.45, 2.75) is 85.9 Å². The molecule has 0 radical (unpaired) electrons. The highest BCUT2D eigenvalue weighted by Crippen LogP contribution is 2.46. The summed E-state index contributed by atoms with van der Waals surface area (Å²) in [6, 6.07) is 1.19. The average molecular weight is 292 g/mol. The van der Waals surface area contributed by atoms with Gasteiger partial charge in [-0.15, -0.1) is 10.2 Å². The number of hydrogen-bond acceptors (Lipinski definition) is 3. The van der Waals surface area contributed by atoms with E-state index < -0.39 is 0 Å². The van der Waals surface area contributed by atoms with Crippen LogP contribution in [-0.4, -0.2) is 20.8 Å². The smallest absolute Gasteiger partial charge is 0.149 e. The largest absolute Gasteiger partial charge is 0.314 e. The summed E-state index contributed by atoms with van der Waals surface area (Å²) in [5, 5.41) is 12.2. The van der Waals surface area contributed by atoms with Gasteiger partial charge in [0.15, 0.2) is 0 Å². The van der Waals surface area contributed by atoms with Gasteiger partial charge in [-0.25, -0.2) is 0 Å². The second kappa shape index (κ2) is 5.71. The van der Waals surface area contributed by atoms with Crippen LogP contribution in [0.25, 0.3) is 0 Å². The molecular formula is C17H32N4. The fraction of sp³-hybridized carbons (Fsp3) is 0.882. The number of nitrogens with one attached hydrogen (secondary N) is 1. The molecule has 1 aliphatic rings. The van der Waals surface area contributed by atoms with Crippen LogP contribution in [0, 0.1) is 10.8 Å². The fourth-order valence-corrected chi connectivity index (χ4v) is 4.35. The number of hydrogen-bond donors (Lipinski definition) is 1. The van der Waals surface area contributed by atoms with Crippen LogP contribution in [0.3, 0.4) is 0 Å². The zero-order valence-corrected chi connectivity index (χ0v) is 14.8. The first kappa shape index (κ1) is 16.5. The van der Waals surface area contributed by atoms with Crippen LogP contribution in [0.15, 0.2) is 6.33 Å². The molecule has 1 aliphatic carbocycles. The summed E-state index contributed by atoms with van der Waals surface area (Å²) < 4.78 is 2.16. The quantitative estimate of drug-likeness (QED) is 0.908. The van der Waals surface area contributed by atoms with E-state index in [0.717, 1.165) is 5.82 Å². The third-order valence-corrected chi connectivity index (χ3v) is 4.59. The van der Waals surface area contributed by atoms with Gasteiger partial charge in [0, 0.05) is 12.1 Å². The molecule has 1 fully saturated rings. The minimum Gasteiger partial charge on any atom is -0.314 e. The summed E-state index contributed by atoms with van der Waals surface area (Å²) in [7, 11) is 0. The highest BCUT2D eigenvalue weighted by Gasteiger charge is 2.38. The molecule has 0 bridgehead atoms. The lowest BCUT2D eigenvalue weighted by Crippen LogP contribution is -2.45. The van der Waals surface area contributed by atoms with Crippen LogP contribution in [0.1, 0.15) is 85.6 Å². The first-order valence-electron chi connectivity index (χ1n) is 8.25. The van der Waals surface area contributed by atoms with Gasteiger partial charge in [0.1, 0.15) is 12.2 Å². The van der Waals surface area contributed by atoms with Crippen molar-refractivity contribution in [3.8, 4) is 0 Å². The van der Waals surface area contributed by atoms with Crippen molar-refractivity contribution in [1.29, 1.82) is 0 Å². The molecule has 0 unspecified atom stereocenters. The number of nitrogens with zero attached hydrogens (tertiary/aromatic N) is 3. The highest BCUT2D eigenvalue weighted by molar-refractivity contribution is 4.99. The monoisotopic (exact) mass is 292 g/mol. The lowest BCUT2D eigenvalue weighted by atomic mass is 9.63. The molecular weight excluding hydrogens is 260 g/mol. The third-order valence-electron chi connectivity index (χ3n) is 4.59. The summed E-state index contributed by atoms with van der Waals surface area (Å²) in [6.07, 6.45) is 5.61. The second-order valence-corrected chi connectivity index (χ2v) is 8.69. The number of rotatable bonds is 4. The molecule has 1 heterocycles. The molecule has 0 saturated heterocycles. The van der Waals surface area contributed by atoms with Crippen molar-refractivity contribution >= 4 is 0 Å². The van der Waals surface area contributed by atoms with Crippen LogP contribution in [-0.2, 0) is 0 Å². The van der Waals surface area contributed by atoms with E-state index >= 15 is 0 Å². The van der Waals surface area contributed by atoms with Crippen LogP contribution in [0.4, 0.5) is 0 Å². The average Bonchev–Trinajstić information content (AvgIpc) is 2.72. The molecule has 0 spiro atoms. The van der Waals surface area contributed by atoms with Crippen molar-refractivity contribution in [3.05, 3.63) is 12.2 Å². The molecule has 120 valence electrons. The second-order valence-electron chi connectivity index (χ2n) is 8.69. The van der Waals surface area contributed by atoms with E-state index in [2.05, 4.69) is 68.5 Å². The van der Waals surface area contributed by atoms with Gasteiger partial charge in [0.05, 0.1) is 6.04 Å². The van der Waals surface area contributed by atoms with Crippen LogP contribution >= 0.6 is 0 Å². The molecule has 1 N–H and O–H groups in total.